The Kier molecular flexibility index (Phi) is 5.95. The molecule has 0 bridgehead atoms. The molecule has 2 aromatic rings. The molecule has 0 aliphatic carbocycles. The van der Waals surface area contributed by atoms with Gasteiger partial charge in [0.15, 0.2) is 5.16 Å². The first-order chi connectivity index (χ1) is 10.8. The second-order valence-corrected chi connectivity index (χ2v) is 7.40. The van der Waals surface area contributed by atoms with Crippen molar-refractivity contribution in [3.8, 4) is 0 Å². The number of hydrogen-bond donors (Lipinski definition) is 1. The molecule has 0 spiro atoms. The van der Waals surface area contributed by atoms with Crippen molar-refractivity contribution in [1.82, 2.24) is 20.1 Å². The van der Waals surface area contributed by atoms with Gasteiger partial charge in [-0.15, -0.1) is 10.2 Å². The number of nitrogens with one attached hydrogen (secondary N) is 1. The summed E-state index contributed by atoms with van der Waals surface area (Å²) in [5, 5.41) is 12.5. The average molecular weight is 373 g/mol. The first-order valence-corrected chi connectivity index (χ1v) is 8.71. The number of benzene rings is 1. The van der Waals surface area contributed by atoms with Crippen LogP contribution in [0.25, 0.3) is 0 Å². The first kappa shape index (κ1) is 18.1. The number of aromatic nitrogens is 3. The van der Waals surface area contributed by atoms with E-state index in [0.29, 0.717) is 15.2 Å². The van der Waals surface area contributed by atoms with Crippen LogP contribution in [-0.4, -0.2) is 25.9 Å². The molecule has 23 heavy (non-hydrogen) atoms. The fourth-order valence-corrected chi connectivity index (χ4v) is 3.40. The standard InChI is InChI=1S/C15H18Cl2N4OS/c1-8(12-6-5-11(16)7-13(12)17)18-14(22)9(2)23-15-20-19-10(3)21(15)4/h5-9H,1-4H3,(H,18,22)/t8-,9+/m0/s1. The maximum atomic E-state index is 12.4. The molecule has 0 fully saturated rings. The Hall–Kier alpha value is -1.24. The van der Waals surface area contributed by atoms with E-state index in [-0.39, 0.29) is 17.2 Å². The predicted molar refractivity (Wildman–Crippen MR) is 94.1 cm³/mol. The van der Waals surface area contributed by atoms with Crippen molar-refractivity contribution in [3.05, 3.63) is 39.6 Å². The molecule has 1 N–H and O–H groups in total. The third-order valence-corrected chi connectivity index (χ3v) is 5.19. The van der Waals surface area contributed by atoms with E-state index < -0.39 is 0 Å². The van der Waals surface area contributed by atoms with Gasteiger partial charge in [-0.2, -0.15) is 0 Å². The Labute approximate surface area is 149 Å². The SMILES string of the molecule is Cc1nnc(S[C@H](C)C(=O)N[C@@H](C)c2ccc(Cl)cc2Cl)n1C. The number of hydrogen-bond acceptors (Lipinski definition) is 4. The van der Waals surface area contributed by atoms with E-state index >= 15 is 0 Å². The van der Waals surface area contributed by atoms with Gasteiger partial charge in [-0.3, -0.25) is 4.79 Å². The smallest absolute Gasteiger partial charge is 0.233 e. The molecule has 2 rings (SSSR count). The summed E-state index contributed by atoms with van der Waals surface area (Å²) in [7, 11) is 1.87. The highest BCUT2D eigenvalue weighted by Gasteiger charge is 2.21. The third-order valence-electron chi connectivity index (χ3n) is 3.49. The van der Waals surface area contributed by atoms with Crippen LogP contribution in [0.1, 0.15) is 31.3 Å². The molecule has 124 valence electrons. The van der Waals surface area contributed by atoms with Crippen LogP contribution in [0.5, 0.6) is 0 Å². The van der Waals surface area contributed by atoms with Gasteiger partial charge >= 0.3 is 0 Å². The van der Waals surface area contributed by atoms with Gasteiger partial charge in [0.05, 0.1) is 11.3 Å². The molecule has 0 radical (unpaired) electrons. The fraction of sp³-hybridized carbons (Fsp3) is 0.400. The van der Waals surface area contributed by atoms with E-state index in [1.807, 2.05) is 38.5 Å². The quantitative estimate of drug-likeness (QED) is 0.811. The highest BCUT2D eigenvalue weighted by molar-refractivity contribution is 8.00. The number of aryl methyl sites for hydroxylation is 1. The minimum atomic E-state index is -0.300. The molecular formula is C15H18Cl2N4OS. The maximum absolute atomic E-state index is 12.4. The van der Waals surface area contributed by atoms with Gasteiger partial charge in [-0.1, -0.05) is 41.0 Å². The van der Waals surface area contributed by atoms with Crippen LogP contribution >= 0.6 is 35.0 Å². The summed E-state index contributed by atoms with van der Waals surface area (Å²) in [5.41, 5.74) is 0.830. The first-order valence-electron chi connectivity index (χ1n) is 7.07. The van der Waals surface area contributed by atoms with Gasteiger partial charge in [-0.05, 0) is 38.5 Å². The molecule has 0 saturated heterocycles. The molecule has 0 saturated carbocycles. The lowest BCUT2D eigenvalue weighted by molar-refractivity contribution is -0.120. The summed E-state index contributed by atoms with van der Waals surface area (Å²) in [4.78, 5) is 12.4. The van der Waals surface area contributed by atoms with Crippen LogP contribution in [0, 0.1) is 6.92 Å². The number of carbonyl (C=O) groups is 1. The molecule has 1 aromatic carbocycles. The average Bonchev–Trinajstić information content (AvgIpc) is 2.79. The lowest BCUT2D eigenvalue weighted by Gasteiger charge is -2.18. The van der Waals surface area contributed by atoms with Crippen LogP contribution in [0.2, 0.25) is 10.0 Å². The second kappa shape index (κ2) is 7.55. The number of thioether (sulfide) groups is 1. The molecule has 2 atom stereocenters. The zero-order chi connectivity index (χ0) is 17.1. The second-order valence-electron chi connectivity index (χ2n) is 5.24. The van der Waals surface area contributed by atoms with Crippen molar-refractivity contribution in [2.24, 2.45) is 7.05 Å². The lowest BCUT2D eigenvalue weighted by atomic mass is 10.1. The monoisotopic (exact) mass is 372 g/mol. The summed E-state index contributed by atoms with van der Waals surface area (Å²) in [5.74, 6) is 0.718. The van der Waals surface area contributed by atoms with Crippen molar-refractivity contribution in [2.75, 3.05) is 0 Å². The van der Waals surface area contributed by atoms with Gasteiger partial charge < -0.3 is 9.88 Å². The molecule has 1 amide bonds. The van der Waals surface area contributed by atoms with E-state index in [1.54, 1.807) is 12.1 Å². The summed E-state index contributed by atoms with van der Waals surface area (Å²) < 4.78 is 1.86. The Morgan fingerprint density at radius 3 is 2.57 bits per heavy atom. The number of amides is 1. The topological polar surface area (TPSA) is 59.8 Å². The molecule has 1 heterocycles. The molecule has 0 aliphatic heterocycles. The molecule has 1 aromatic heterocycles. The molecule has 8 heteroatoms. The number of halogens is 2. The Morgan fingerprint density at radius 1 is 1.30 bits per heavy atom. The Morgan fingerprint density at radius 2 is 2.00 bits per heavy atom. The van der Waals surface area contributed by atoms with E-state index in [0.717, 1.165) is 11.4 Å². The number of carbonyl (C=O) groups excluding carboxylic acids is 1. The molecule has 0 unspecified atom stereocenters. The van der Waals surface area contributed by atoms with Crippen LogP contribution in [0.3, 0.4) is 0 Å². The van der Waals surface area contributed by atoms with E-state index in [4.69, 9.17) is 23.2 Å². The summed E-state index contributed by atoms with van der Waals surface area (Å²) in [6, 6.07) is 5.03. The highest BCUT2D eigenvalue weighted by Crippen LogP contribution is 2.27. The van der Waals surface area contributed by atoms with Gasteiger partial charge in [0.1, 0.15) is 5.82 Å². The fourth-order valence-electron chi connectivity index (χ4n) is 1.96. The molecule has 5 nitrogen and oxygen atoms in total. The zero-order valence-corrected chi connectivity index (χ0v) is 15.6. The largest absolute Gasteiger partial charge is 0.349 e. The van der Waals surface area contributed by atoms with E-state index in [9.17, 15) is 4.79 Å². The Bertz CT molecular complexity index is 719. The van der Waals surface area contributed by atoms with Crippen molar-refractivity contribution < 1.29 is 4.79 Å². The minimum absolute atomic E-state index is 0.0887. The van der Waals surface area contributed by atoms with Crippen LogP contribution < -0.4 is 5.32 Å². The summed E-state index contributed by atoms with van der Waals surface area (Å²) in [6.45, 7) is 5.59. The Balaban J connectivity index is 2.01. The van der Waals surface area contributed by atoms with Gasteiger partial charge in [0, 0.05) is 17.1 Å². The minimum Gasteiger partial charge on any atom is -0.349 e. The number of nitrogens with zero attached hydrogens (tertiary/aromatic N) is 3. The van der Waals surface area contributed by atoms with Crippen LogP contribution in [0.15, 0.2) is 23.4 Å². The van der Waals surface area contributed by atoms with Crippen LogP contribution in [-0.2, 0) is 11.8 Å². The highest BCUT2D eigenvalue weighted by atomic mass is 35.5. The van der Waals surface area contributed by atoms with Gasteiger partial charge in [0.2, 0.25) is 5.91 Å². The molecular weight excluding hydrogens is 355 g/mol. The van der Waals surface area contributed by atoms with Crippen molar-refractivity contribution in [3.63, 3.8) is 0 Å². The van der Waals surface area contributed by atoms with Gasteiger partial charge in [-0.25, -0.2) is 0 Å². The third kappa shape index (κ3) is 4.40. The lowest BCUT2D eigenvalue weighted by Crippen LogP contribution is -2.33. The zero-order valence-electron chi connectivity index (χ0n) is 13.3. The molecule has 0 aliphatic rings. The van der Waals surface area contributed by atoms with Crippen molar-refractivity contribution in [2.45, 2.75) is 37.2 Å². The summed E-state index contributed by atoms with van der Waals surface area (Å²) >= 11 is 13.4. The number of rotatable bonds is 5. The van der Waals surface area contributed by atoms with Crippen LogP contribution in [0.4, 0.5) is 0 Å². The maximum Gasteiger partial charge on any atom is 0.233 e. The summed E-state index contributed by atoms with van der Waals surface area (Å²) in [6.07, 6.45) is 0. The van der Waals surface area contributed by atoms with Gasteiger partial charge in [0.25, 0.3) is 0 Å². The van der Waals surface area contributed by atoms with E-state index in [1.165, 1.54) is 11.8 Å². The predicted octanol–water partition coefficient (Wildman–Crippen LogP) is 3.79. The normalized spacial score (nSPS) is 13.7. The van der Waals surface area contributed by atoms with Crippen molar-refractivity contribution >= 4 is 40.9 Å². The van der Waals surface area contributed by atoms with Crippen molar-refractivity contribution in [1.29, 1.82) is 0 Å². The van der Waals surface area contributed by atoms with E-state index in [2.05, 4.69) is 15.5 Å².